The molecule has 0 heterocycles. The van der Waals surface area contributed by atoms with Crippen molar-refractivity contribution < 1.29 is 20.1 Å². The molecule has 0 fully saturated rings. The third-order valence-corrected chi connectivity index (χ3v) is 4.55. The molecule has 1 aliphatic rings. The molecule has 0 spiro atoms. The van der Waals surface area contributed by atoms with Crippen LogP contribution in [0.5, 0.6) is 0 Å². The van der Waals surface area contributed by atoms with Crippen LogP contribution in [-0.4, -0.2) is 27.4 Å². The van der Waals surface area contributed by atoms with Crippen LogP contribution < -0.4 is 0 Å². The Hall–Kier alpha value is -0.330. The van der Waals surface area contributed by atoms with Gasteiger partial charge in [-0.25, -0.2) is 0 Å². The zero-order valence-corrected chi connectivity index (χ0v) is 11.3. The van der Waals surface area contributed by atoms with Crippen molar-refractivity contribution in [2.75, 3.05) is 0 Å². The Labute approximate surface area is 104 Å². The highest BCUT2D eigenvalue weighted by atomic mass is 79.9. The molecule has 84 valence electrons. The topological polar surface area (TPSA) is 77.8 Å². The van der Waals surface area contributed by atoms with Crippen molar-refractivity contribution in [3.05, 3.63) is 20.3 Å². The summed E-state index contributed by atoms with van der Waals surface area (Å²) in [5.74, 6) is -1.31. The first kappa shape index (κ1) is 12.7. The van der Waals surface area contributed by atoms with Gasteiger partial charge in [-0.15, -0.1) is 0 Å². The van der Waals surface area contributed by atoms with E-state index >= 15 is 0 Å². The molecule has 0 bridgehead atoms. The summed E-state index contributed by atoms with van der Waals surface area (Å²) in [4.78, 5) is 11.2. The fraction of sp³-hybridized carbons (Fsp3) is 0.444. The summed E-state index contributed by atoms with van der Waals surface area (Å²) in [6.07, 6.45) is -1.30. The van der Waals surface area contributed by atoms with E-state index in [2.05, 4.69) is 31.9 Å². The standard InChI is InChI=1S/C9H10Br2O4/c1-3-4(10)6(12)5(11)7(13)9(3,2)8(14)15/h7,12-13H,1-2H3,(H,14,15). The molecule has 15 heavy (non-hydrogen) atoms. The lowest BCUT2D eigenvalue weighted by molar-refractivity contribution is -0.150. The Morgan fingerprint density at radius 1 is 1.47 bits per heavy atom. The molecule has 1 aliphatic carbocycles. The Morgan fingerprint density at radius 2 is 1.93 bits per heavy atom. The van der Waals surface area contributed by atoms with E-state index in [0.29, 0.717) is 10.1 Å². The molecule has 6 heteroatoms. The average molecular weight is 342 g/mol. The van der Waals surface area contributed by atoms with Gasteiger partial charge in [-0.1, -0.05) is 0 Å². The number of carboxylic acid groups (broad SMARTS) is 1. The second kappa shape index (κ2) is 3.92. The van der Waals surface area contributed by atoms with Crippen LogP contribution in [-0.2, 0) is 4.79 Å². The first-order valence-electron chi connectivity index (χ1n) is 4.11. The lowest BCUT2D eigenvalue weighted by Crippen LogP contribution is -2.43. The van der Waals surface area contributed by atoms with Gasteiger partial charge in [0.1, 0.15) is 17.3 Å². The fourth-order valence-electron chi connectivity index (χ4n) is 1.38. The Kier molecular flexibility index (Phi) is 3.33. The smallest absolute Gasteiger partial charge is 0.316 e. The van der Waals surface area contributed by atoms with Crippen molar-refractivity contribution in [3.8, 4) is 0 Å². The molecular weight excluding hydrogens is 332 g/mol. The van der Waals surface area contributed by atoms with Gasteiger partial charge in [0.2, 0.25) is 0 Å². The van der Waals surface area contributed by atoms with E-state index in [9.17, 15) is 15.0 Å². The number of carboxylic acids is 1. The third kappa shape index (κ3) is 1.64. The van der Waals surface area contributed by atoms with Crippen LogP contribution >= 0.6 is 31.9 Å². The molecule has 3 N–H and O–H groups in total. The third-order valence-electron chi connectivity index (χ3n) is 2.77. The van der Waals surface area contributed by atoms with Crippen molar-refractivity contribution in [1.29, 1.82) is 0 Å². The number of aliphatic hydroxyl groups is 2. The first-order chi connectivity index (χ1) is 6.74. The van der Waals surface area contributed by atoms with Gasteiger partial charge in [0.25, 0.3) is 0 Å². The first-order valence-corrected chi connectivity index (χ1v) is 5.70. The largest absolute Gasteiger partial charge is 0.506 e. The van der Waals surface area contributed by atoms with Crippen molar-refractivity contribution in [2.45, 2.75) is 20.0 Å². The predicted octanol–water partition coefficient (Wildman–Crippen LogP) is 2.29. The second-order valence-electron chi connectivity index (χ2n) is 3.55. The summed E-state index contributed by atoms with van der Waals surface area (Å²) in [5.41, 5.74) is -1.06. The molecule has 4 nitrogen and oxygen atoms in total. The minimum Gasteiger partial charge on any atom is -0.506 e. The van der Waals surface area contributed by atoms with E-state index in [0.717, 1.165) is 0 Å². The van der Waals surface area contributed by atoms with Gasteiger partial charge in [0.15, 0.2) is 0 Å². The number of aliphatic hydroxyl groups excluding tert-OH is 2. The minimum absolute atomic E-state index is 0.0740. The quantitative estimate of drug-likeness (QED) is 0.683. The van der Waals surface area contributed by atoms with E-state index in [1.54, 1.807) is 6.92 Å². The number of allylic oxidation sites excluding steroid dienone is 1. The second-order valence-corrected chi connectivity index (χ2v) is 5.19. The van der Waals surface area contributed by atoms with Gasteiger partial charge in [0.05, 0.1) is 8.96 Å². The summed E-state index contributed by atoms with van der Waals surface area (Å²) in [7, 11) is 0. The maximum atomic E-state index is 11.2. The SMILES string of the molecule is CC1=C(Br)C(O)=C(Br)C(O)C1(C)C(=O)O. The normalized spacial score (nSPS) is 32.2. The van der Waals surface area contributed by atoms with Crippen LogP contribution in [0.1, 0.15) is 13.8 Å². The molecule has 1 rings (SSSR count). The lowest BCUT2D eigenvalue weighted by atomic mass is 9.74. The molecule has 0 amide bonds. The van der Waals surface area contributed by atoms with Gasteiger partial charge >= 0.3 is 5.97 Å². The van der Waals surface area contributed by atoms with Gasteiger partial charge in [-0.3, -0.25) is 4.79 Å². The average Bonchev–Trinajstić information content (AvgIpc) is 2.20. The van der Waals surface area contributed by atoms with E-state index < -0.39 is 17.5 Å². The van der Waals surface area contributed by atoms with E-state index in [1.807, 2.05) is 0 Å². The molecule has 0 radical (unpaired) electrons. The summed E-state index contributed by atoms with van der Waals surface area (Å²) in [5, 5.41) is 28.5. The van der Waals surface area contributed by atoms with Crippen LogP contribution in [0.25, 0.3) is 0 Å². The fourth-order valence-corrected chi connectivity index (χ4v) is 2.92. The molecule has 0 aliphatic heterocycles. The van der Waals surface area contributed by atoms with E-state index in [4.69, 9.17) is 5.11 Å². The van der Waals surface area contributed by atoms with Crippen LogP contribution in [0.15, 0.2) is 20.3 Å². The number of carbonyl (C=O) groups is 1. The Morgan fingerprint density at radius 3 is 2.33 bits per heavy atom. The van der Waals surface area contributed by atoms with Crippen molar-refractivity contribution in [2.24, 2.45) is 5.41 Å². The molecule has 0 aromatic rings. The highest BCUT2D eigenvalue weighted by Gasteiger charge is 2.48. The summed E-state index contributed by atoms with van der Waals surface area (Å²) >= 11 is 6.08. The summed E-state index contributed by atoms with van der Waals surface area (Å²) < 4.78 is 0.370. The highest BCUT2D eigenvalue weighted by molar-refractivity contribution is 9.12. The molecular formula is C9H10Br2O4. The lowest BCUT2D eigenvalue weighted by Gasteiger charge is -2.35. The Bertz CT molecular complexity index is 386. The monoisotopic (exact) mass is 340 g/mol. The van der Waals surface area contributed by atoms with Crippen LogP contribution in [0.4, 0.5) is 0 Å². The maximum absolute atomic E-state index is 11.2. The molecule has 0 saturated carbocycles. The number of hydrogen-bond donors (Lipinski definition) is 3. The zero-order chi connectivity index (χ0) is 12.0. The van der Waals surface area contributed by atoms with Crippen molar-refractivity contribution in [1.82, 2.24) is 0 Å². The van der Waals surface area contributed by atoms with E-state index in [1.165, 1.54) is 6.92 Å². The van der Waals surface area contributed by atoms with Crippen LogP contribution in [0, 0.1) is 5.41 Å². The van der Waals surface area contributed by atoms with Crippen molar-refractivity contribution >= 4 is 37.8 Å². The molecule has 0 aromatic heterocycles. The highest BCUT2D eigenvalue weighted by Crippen LogP contribution is 2.46. The maximum Gasteiger partial charge on any atom is 0.316 e. The van der Waals surface area contributed by atoms with E-state index in [-0.39, 0.29) is 10.2 Å². The number of halogens is 2. The Balaban J connectivity index is 3.45. The molecule has 2 atom stereocenters. The van der Waals surface area contributed by atoms with Crippen molar-refractivity contribution in [3.63, 3.8) is 0 Å². The molecule has 2 unspecified atom stereocenters. The van der Waals surface area contributed by atoms with Crippen LogP contribution in [0.2, 0.25) is 0 Å². The molecule has 0 aromatic carbocycles. The van der Waals surface area contributed by atoms with Crippen LogP contribution in [0.3, 0.4) is 0 Å². The van der Waals surface area contributed by atoms with Gasteiger partial charge in [-0.05, 0) is 51.3 Å². The zero-order valence-electron chi connectivity index (χ0n) is 8.08. The summed E-state index contributed by atoms with van der Waals surface area (Å²) in [6.45, 7) is 2.96. The minimum atomic E-state index is -1.44. The number of hydrogen-bond acceptors (Lipinski definition) is 3. The van der Waals surface area contributed by atoms with Gasteiger partial charge < -0.3 is 15.3 Å². The number of rotatable bonds is 1. The predicted molar refractivity (Wildman–Crippen MR) is 62.0 cm³/mol. The van der Waals surface area contributed by atoms with Gasteiger partial charge in [-0.2, -0.15) is 0 Å². The van der Waals surface area contributed by atoms with Gasteiger partial charge in [0, 0.05) is 0 Å². The number of aliphatic carboxylic acids is 1. The summed E-state index contributed by atoms with van der Waals surface area (Å²) in [6, 6.07) is 0. The molecule has 0 saturated heterocycles.